The number of H-pyrrole nitrogens is 1. The van der Waals surface area contributed by atoms with Gasteiger partial charge in [0.1, 0.15) is 0 Å². The second-order valence-electron chi connectivity index (χ2n) is 7.24. The molecule has 4 aromatic rings. The Labute approximate surface area is 153 Å². The first-order chi connectivity index (χ1) is 12.6. The van der Waals surface area contributed by atoms with Crippen LogP contribution in [0.4, 0.5) is 0 Å². The maximum absolute atomic E-state index is 6.06. The van der Waals surface area contributed by atoms with Gasteiger partial charge < -0.3 is 5.73 Å². The molecule has 0 saturated heterocycles. The summed E-state index contributed by atoms with van der Waals surface area (Å²) in [6.07, 6.45) is 3.65. The van der Waals surface area contributed by atoms with Crippen molar-refractivity contribution in [3.63, 3.8) is 0 Å². The molecule has 4 nitrogen and oxygen atoms in total. The Morgan fingerprint density at radius 2 is 1.73 bits per heavy atom. The fourth-order valence-corrected chi connectivity index (χ4v) is 3.19. The number of rotatable bonds is 4. The van der Waals surface area contributed by atoms with E-state index < -0.39 is 0 Å². The van der Waals surface area contributed by atoms with Crippen LogP contribution in [0.5, 0.6) is 0 Å². The van der Waals surface area contributed by atoms with E-state index >= 15 is 0 Å². The molecule has 0 saturated carbocycles. The van der Waals surface area contributed by atoms with Crippen molar-refractivity contribution in [3.05, 3.63) is 72.6 Å². The third kappa shape index (κ3) is 2.89. The lowest BCUT2D eigenvalue weighted by atomic mass is 9.81. The standard InChI is InChI=1S/C22H22N4/c1-22(2,14-23)18-11-16(15-6-4-3-5-7-15)10-17(12-18)19-8-9-24-21-20(19)13-25-26-21/h3-13H,14,23H2,1-2H3,(H,24,25,26). The van der Waals surface area contributed by atoms with Crippen molar-refractivity contribution in [1.29, 1.82) is 0 Å². The molecule has 2 heterocycles. The summed E-state index contributed by atoms with van der Waals surface area (Å²) < 4.78 is 0. The van der Waals surface area contributed by atoms with Crippen LogP contribution in [0.15, 0.2) is 67.0 Å². The maximum Gasteiger partial charge on any atom is 0.155 e. The minimum absolute atomic E-state index is 0.109. The fraction of sp³-hybridized carbons (Fsp3) is 0.182. The second-order valence-corrected chi connectivity index (χ2v) is 7.24. The first-order valence-electron chi connectivity index (χ1n) is 8.78. The van der Waals surface area contributed by atoms with Gasteiger partial charge in [-0.25, -0.2) is 4.98 Å². The third-order valence-corrected chi connectivity index (χ3v) is 5.00. The van der Waals surface area contributed by atoms with E-state index in [1.165, 1.54) is 16.7 Å². The first kappa shape index (κ1) is 16.5. The predicted molar refractivity (Wildman–Crippen MR) is 107 cm³/mol. The highest BCUT2D eigenvalue weighted by Gasteiger charge is 2.21. The topological polar surface area (TPSA) is 67.6 Å². The number of aromatic nitrogens is 3. The van der Waals surface area contributed by atoms with Gasteiger partial charge in [-0.3, -0.25) is 5.10 Å². The van der Waals surface area contributed by atoms with Gasteiger partial charge in [0, 0.05) is 23.5 Å². The van der Waals surface area contributed by atoms with Gasteiger partial charge in [-0.05, 0) is 39.9 Å². The normalized spacial score (nSPS) is 11.8. The van der Waals surface area contributed by atoms with Crippen LogP contribution in [0.1, 0.15) is 19.4 Å². The quantitative estimate of drug-likeness (QED) is 0.572. The molecule has 2 aromatic carbocycles. The summed E-state index contributed by atoms with van der Waals surface area (Å²) in [5.74, 6) is 0. The minimum Gasteiger partial charge on any atom is -0.330 e. The molecule has 0 unspecified atom stereocenters. The third-order valence-electron chi connectivity index (χ3n) is 5.00. The molecule has 4 heteroatoms. The van der Waals surface area contributed by atoms with E-state index in [2.05, 4.69) is 71.5 Å². The monoisotopic (exact) mass is 342 g/mol. The highest BCUT2D eigenvalue weighted by molar-refractivity contribution is 5.93. The number of hydrogen-bond donors (Lipinski definition) is 2. The van der Waals surface area contributed by atoms with Gasteiger partial charge in [-0.15, -0.1) is 0 Å². The van der Waals surface area contributed by atoms with Crippen LogP contribution in [0, 0.1) is 0 Å². The van der Waals surface area contributed by atoms with Crippen molar-refractivity contribution in [3.8, 4) is 22.3 Å². The van der Waals surface area contributed by atoms with Gasteiger partial charge in [-0.2, -0.15) is 5.10 Å². The van der Waals surface area contributed by atoms with E-state index in [-0.39, 0.29) is 5.41 Å². The van der Waals surface area contributed by atoms with Gasteiger partial charge in [-0.1, -0.05) is 56.3 Å². The van der Waals surface area contributed by atoms with Gasteiger partial charge in [0.15, 0.2) is 5.65 Å². The summed E-state index contributed by atoms with van der Waals surface area (Å²) in [5, 5.41) is 8.12. The largest absolute Gasteiger partial charge is 0.330 e. The number of aromatic amines is 1. The molecule has 0 aliphatic heterocycles. The van der Waals surface area contributed by atoms with Crippen molar-refractivity contribution >= 4 is 11.0 Å². The van der Waals surface area contributed by atoms with Gasteiger partial charge in [0.05, 0.1) is 6.20 Å². The van der Waals surface area contributed by atoms with Crippen molar-refractivity contribution in [2.45, 2.75) is 19.3 Å². The smallest absolute Gasteiger partial charge is 0.155 e. The zero-order valence-electron chi connectivity index (χ0n) is 15.0. The number of benzene rings is 2. The molecule has 0 amide bonds. The molecular weight excluding hydrogens is 320 g/mol. The molecule has 0 atom stereocenters. The lowest BCUT2D eigenvalue weighted by Crippen LogP contribution is -2.28. The van der Waals surface area contributed by atoms with E-state index in [1.807, 2.05) is 24.5 Å². The fourth-order valence-electron chi connectivity index (χ4n) is 3.19. The SMILES string of the molecule is CC(C)(CN)c1cc(-c2ccccc2)cc(-c2ccnc3[nH]ncc23)c1. The van der Waals surface area contributed by atoms with E-state index in [0.29, 0.717) is 6.54 Å². The Kier molecular flexibility index (Phi) is 4.05. The number of hydrogen-bond acceptors (Lipinski definition) is 3. The van der Waals surface area contributed by atoms with Crippen LogP contribution in [-0.4, -0.2) is 21.7 Å². The Morgan fingerprint density at radius 3 is 2.50 bits per heavy atom. The van der Waals surface area contributed by atoms with Crippen molar-refractivity contribution in [2.24, 2.45) is 5.73 Å². The first-order valence-corrected chi connectivity index (χ1v) is 8.78. The number of nitrogens with zero attached hydrogens (tertiary/aromatic N) is 2. The Balaban J connectivity index is 1.97. The molecule has 0 bridgehead atoms. The zero-order chi connectivity index (χ0) is 18.1. The van der Waals surface area contributed by atoms with Crippen LogP contribution < -0.4 is 5.73 Å². The lowest BCUT2D eigenvalue weighted by Gasteiger charge is -2.25. The summed E-state index contributed by atoms with van der Waals surface area (Å²) in [6.45, 7) is 4.95. The number of nitrogens with one attached hydrogen (secondary N) is 1. The molecule has 4 rings (SSSR count). The Hall–Kier alpha value is -2.98. The van der Waals surface area contributed by atoms with Gasteiger partial charge in [0.25, 0.3) is 0 Å². The number of fused-ring (bicyclic) bond motifs is 1. The molecule has 3 N–H and O–H groups in total. The highest BCUT2D eigenvalue weighted by Crippen LogP contribution is 2.35. The molecule has 0 fully saturated rings. The minimum atomic E-state index is -0.109. The van der Waals surface area contributed by atoms with E-state index in [4.69, 9.17) is 5.73 Å². The van der Waals surface area contributed by atoms with Gasteiger partial charge >= 0.3 is 0 Å². The molecule has 0 radical (unpaired) electrons. The summed E-state index contributed by atoms with van der Waals surface area (Å²) in [5.41, 5.74) is 12.6. The van der Waals surface area contributed by atoms with Crippen LogP contribution in [-0.2, 0) is 5.41 Å². The molecule has 0 aliphatic rings. The van der Waals surface area contributed by atoms with E-state index in [0.717, 1.165) is 22.2 Å². The van der Waals surface area contributed by atoms with E-state index in [9.17, 15) is 0 Å². The number of nitrogens with two attached hydrogens (primary N) is 1. The zero-order valence-corrected chi connectivity index (χ0v) is 15.0. The molecule has 0 aliphatic carbocycles. The van der Waals surface area contributed by atoms with Crippen LogP contribution >= 0.6 is 0 Å². The lowest BCUT2D eigenvalue weighted by molar-refractivity contribution is 0.539. The average Bonchev–Trinajstić information content (AvgIpc) is 3.17. The molecular formula is C22H22N4. The Morgan fingerprint density at radius 1 is 0.962 bits per heavy atom. The van der Waals surface area contributed by atoms with Crippen LogP contribution in [0.25, 0.3) is 33.3 Å². The Bertz CT molecular complexity index is 1050. The van der Waals surface area contributed by atoms with Crippen molar-refractivity contribution in [2.75, 3.05) is 6.54 Å². The predicted octanol–water partition coefficient (Wildman–Crippen LogP) is 4.53. The maximum atomic E-state index is 6.06. The second kappa shape index (κ2) is 6.39. The molecule has 26 heavy (non-hydrogen) atoms. The van der Waals surface area contributed by atoms with Crippen molar-refractivity contribution < 1.29 is 0 Å². The summed E-state index contributed by atoms with van der Waals surface area (Å²) >= 11 is 0. The average molecular weight is 342 g/mol. The van der Waals surface area contributed by atoms with E-state index in [1.54, 1.807) is 0 Å². The summed E-state index contributed by atoms with van der Waals surface area (Å²) in [4.78, 5) is 4.36. The molecule has 130 valence electrons. The van der Waals surface area contributed by atoms with Gasteiger partial charge in [0.2, 0.25) is 0 Å². The highest BCUT2D eigenvalue weighted by atomic mass is 15.1. The molecule has 2 aromatic heterocycles. The van der Waals surface area contributed by atoms with Crippen molar-refractivity contribution in [1.82, 2.24) is 15.2 Å². The number of pyridine rings is 1. The summed E-state index contributed by atoms with van der Waals surface area (Å²) in [7, 11) is 0. The summed E-state index contributed by atoms with van der Waals surface area (Å²) in [6, 6.07) is 19.2. The van der Waals surface area contributed by atoms with Crippen LogP contribution in [0.2, 0.25) is 0 Å². The van der Waals surface area contributed by atoms with Crippen LogP contribution in [0.3, 0.4) is 0 Å². The molecule has 0 spiro atoms.